The van der Waals surface area contributed by atoms with Gasteiger partial charge in [-0.3, -0.25) is 9.59 Å². The molecule has 0 aromatic heterocycles. The number of carboxylic acid groups (broad SMARTS) is 1. The second kappa shape index (κ2) is 14.0. The Morgan fingerprint density at radius 1 is 1.18 bits per heavy atom. The highest BCUT2D eigenvalue weighted by Gasteiger charge is 2.47. The first-order chi connectivity index (χ1) is 19.3. The van der Waals surface area contributed by atoms with E-state index in [1.54, 1.807) is 12.5 Å². The van der Waals surface area contributed by atoms with Crippen molar-refractivity contribution < 1.29 is 19.4 Å². The molecule has 5 atom stereocenters. The predicted octanol–water partition coefficient (Wildman–Crippen LogP) is 6.56. The number of nitrogens with zero attached hydrogens (tertiary/aromatic N) is 2. The summed E-state index contributed by atoms with van der Waals surface area (Å²) in [4.78, 5) is 33.1. The fraction of sp³-hybridized carbons (Fsp3) is 0.469. The van der Waals surface area contributed by atoms with E-state index in [-0.39, 0.29) is 23.8 Å². The average Bonchev–Trinajstić information content (AvgIpc) is 2.95. The van der Waals surface area contributed by atoms with Crippen LogP contribution in [0.25, 0.3) is 0 Å². The molecular weight excluding hydrogens is 522 g/mol. The molecule has 8 heteroatoms. The number of amides is 1. The Morgan fingerprint density at radius 2 is 1.90 bits per heavy atom. The summed E-state index contributed by atoms with van der Waals surface area (Å²) < 4.78 is 6.45. The fourth-order valence-corrected chi connectivity index (χ4v) is 6.97. The number of carbonyl (C=O) groups is 2. The lowest BCUT2D eigenvalue weighted by atomic mass is 9.72. The molecule has 0 bridgehead atoms. The van der Waals surface area contributed by atoms with Gasteiger partial charge in [-0.15, -0.1) is 11.8 Å². The third kappa shape index (κ3) is 7.34. The Kier molecular flexibility index (Phi) is 10.5. The largest absolute Gasteiger partial charge is 0.480 e. The number of ether oxygens (including phenoxy) is 1. The SMILES string of the molecule is CCCC(Sc1ccccc1NC(=O)C(CN1C=NC=CC1)C(CC)CC1(c2ccccc2)CC(C)O1)C(=O)O. The average molecular weight is 564 g/mol. The minimum absolute atomic E-state index is 0.0543. The molecule has 40 heavy (non-hydrogen) atoms. The zero-order valence-corrected chi connectivity index (χ0v) is 24.5. The van der Waals surface area contributed by atoms with Crippen LogP contribution in [0.15, 0.2) is 76.8 Å². The maximum atomic E-state index is 14.1. The summed E-state index contributed by atoms with van der Waals surface area (Å²) in [6.07, 6.45) is 9.56. The van der Waals surface area contributed by atoms with E-state index in [9.17, 15) is 14.7 Å². The number of hydrogen-bond acceptors (Lipinski definition) is 6. The second-order valence-corrected chi connectivity index (χ2v) is 12.0. The van der Waals surface area contributed by atoms with Gasteiger partial charge in [-0.2, -0.15) is 0 Å². The van der Waals surface area contributed by atoms with Gasteiger partial charge in [-0.1, -0.05) is 69.2 Å². The Hall–Kier alpha value is -3.10. The number of thioether (sulfide) groups is 1. The van der Waals surface area contributed by atoms with Crippen molar-refractivity contribution >= 4 is 35.7 Å². The number of anilines is 1. The molecular formula is C32H41N3O4S. The minimum Gasteiger partial charge on any atom is -0.480 e. The first-order valence-electron chi connectivity index (χ1n) is 14.3. The molecule has 2 heterocycles. The van der Waals surface area contributed by atoms with Gasteiger partial charge in [0.05, 0.1) is 29.6 Å². The van der Waals surface area contributed by atoms with Gasteiger partial charge in [-0.25, -0.2) is 4.99 Å². The van der Waals surface area contributed by atoms with Crippen molar-refractivity contribution in [2.45, 2.75) is 74.7 Å². The van der Waals surface area contributed by atoms with Crippen molar-refractivity contribution in [2.75, 3.05) is 18.4 Å². The highest BCUT2D eigenvalue weighted by molar-refractivity contribution is 8.00. The first kappa shape index (κ1) is 29.9. The number of nitrogens with one attached hydrogen (secondary N) is 1. The number of para-hydroxylation sites is 1. The van der Waals surface area contributed by atoms with Crippen LogP contribution in [0.5, 0.6) is 0 Å². The number of carbonyl (C=O) groups excluding carboxylic acids is 1. The highest BCUT2D eigenvalue weighted by atomic mass is 32.2. The maximum absolute atomic E-state index is 14.1. The van der Waals surface area contributed by atoms with Crippen molar-refractivity contribution in [1.29, 1.82) is 0 Å². The smallest absolute Gasteiger partial charge is 0.316 e. The number of carboxylic acids is 1. The summed E-state index contributed by atoms with van der Waals surface area (Å²) in [6, 6.07) is 17.8. The molecule has 2 aliphatic heterocycles. The van der Waals surface area contributed by atoms with Crippen LogP contribution in [0, 0.1) is 11.8 Å². The van der Waals surface area contributed by atoms with Crippen molar-refractivity contribution in [3.05, 3.63) is 72.4 Å². The van der Waals surface area contributed by atoms with Crippen molar-refractivity contribution in [2.24, 2.45) is 16.8 Å². The number of benzene rings is 2. The van der Waals surface area contributed by atoms with Gasteiger partial charge in [-0.05, 0) is 49.5 Å². The molecule has 0 saturated carbocycles. The van der Waals surface area contributed by atoms with Crippen LogP contribution in [-0.2, 0) is 19.9 Å². The van der Waals surface area contributed by atoms with E-state index in [1.165, 1.54) is 11.8 Å². The minimum atomic E-state index is -0.838. The Morgan fingerprint density at radius 3 is 2.52 bits per heavy atom. The lowest BCUT2D eigenvalue weighted by molar-refractivity contribution is -0.217. The summed E-state index contributed by atoms with van der Waals surface area (Å²) in [6.45, 7) is 7.45. The molecule has 1 amide bonds. The van der Waals surface area contributed by atoms with Gasteiger partial charge in [0.1, 0.15) is 5.25 Å². The summed E-state index contributed by atoms with van der Waals surface area (Å²) >= 11 is 1.30. The van der Waals surface area contributed by atoms with Crippen LogP contribution in [-0.4, -0.2) is 52.7 Å². The summed E-state index contributed by atoms with van der Waals surface area (Å²) in [7, 11) is 0. The van der Waals surface area contributed by atoms with Gasteiger partial charge < -0.3 is 20.1 Å². The van der Waals surface area contributed by atoms with Crippen molar-refractivity contribution in [3.8, 4) is 0 Å². The van der Waals surface area contributed by atoms with Crippen LogP contribution >= 0.6 is 11.8 Å². The molecule has 0 aliphatic carbocycles. The van der Waals surface area contributed by atoms with Gasteiger partial charge in [0.15, 0.2) is 0 Å². The van der Waals surface area contributed by atoms with E-state index in [0.717, 1.165) is 36.1 Å². The predicted molar refractivity (Wildman–Crippen MR) is 162 cm³/mol. The lowest BCUT2D eigenvalue weighted by Gasteiger charge is -2.49. The number of hydrogen-bond donors (Lipinski definition) is 2. The van der Waals surface area contributed by atoms with E-state index < -0.39 is 16.8 Å². The molecule has 2 aromatic rings. The molecule has 2 N–H and O–H groups in total. The van der Waals surface area contributed by atoms with Crippen molar-refractivity contribution in [3.63, 3.8) is 0 Å². The van der Waals surface area contributed by atoms with Crippen LogP contribution in [0.2, 0.25) is 0 Å². The number of aliphatic carboxylic acids is 1. The summed E-state index contributed by atoms with van der Waals surface area (Å²) in [5, 5.41) is 12.3. The Labute approximate surface area is 242 Å². The Bertz CT molecular complexity index is 1200. The molecule has 2 aromatic carbocycles. The van der Waals surface area contributed by atoms with Crippen LogP contribution in [0.3, 0.4) is 0 Å². The molecule has 4 rings (SSSR count). The normalized spacial score (nSPS) is 22.3. The molecule has 2 aliphatic rings. The van der Waals surface area contributed by atoms with E-state index in [0.29, 0.717) is 25.2 Å². The third-order valence-electron chi connectivity index (χ3n) is 7.80. The highest BCUT2D eigenvalue weighted by Crippen LogP contribution is 2.48. The molecule has 0 radical (unpaired) electrons. The zero-order chi connectivity index (χ0) is 28.5. The first-order valence-corrected chi connectivity index (χ1v) is 15.2. The summed E-state index contributed by atoms with van der Waals surface area (Å²) in [5.74, 6) is -1.18. The topological polar surface area (TPSA) is 91.2 Å². The van der Waals surface area contributed by atoms with E-state index in [2.05, 4.69) is 41.2 Å². The number of rotatable bonds is 14. The maximum Gasteiger partial charge on any atom is 0.316 e. The van der Waals surface area contributed by atoms with Crippen LogP contribution in [0.4, 0.5) is 5.69 Å². The van der Waals surface area contributed by atoms with Gasteiger partial charge in [0, 0.05) is 30.6 Å². The second-order valence-electron chi connectivity index (χ2n) is 10.8. The van der Waals surface area contributed by atoms with Crippen LogP contribution in [0.1, 0.15) is 58.4 Å². The van der Waals surface area contributed by atoms with E-state index in [4.69, 9.17) is 4.74 Å². The number of aliphatic imine (C=N–C) groups is 1. The van der Waals surface area contributed by atoms with Crippen molar-refractivity contribution in [1.82, 2.24) is 4.90 Å². The molecule has 7 nitrogen and oxygen atoms in total. The lowest BCUT2D eigenvalue weighted by Crippen LogP contribution is -2.50. The monoisotopic (exact) mass is 563 g/mol. The van der Waals surface area contributed by atoms with Gasteiger partial charge in [0.2, 0.25) is 5.91 Å². The standard InChI is InChI=1S/C32H41N3O4S/c1-4-12-29(31(37)38)40-28-16-10-9-15-27(28)34-30(36)26(21-35-18-11-17-33-22-35)24(5-2)20-32(19-23(3)39-32)25-13-7-6-8-14-25/h6-11,13-17,22-24,26,29H,4-5,12,18-21H2,1-3H3,(H,34,36)(H,37,38). The quantitative estimate of drug-likeness (QED) is 0.253. The molecule has 214 valence electrons. The molecule has 0 spiro atoms. The molecule has 1 fully saturated rings. The fourth-order valence-electron chi connectivity index (χ4n) is 5.80. The molecule has 5 unspecified atom stereocenters. The zero-order valence-electron chi connectivity index (χ0n) is 23.7. The van der Waals surface area contributed by atoms with Crippen LogP contribution < -0.4 is 5.32 Å². The summed E-state index contributed by atoms with van der Waals surface area (Å²) in [5.41, 5.74) is 1.40. The van der Waals surface area contributed by atoms with Gasteiger partial charge >= 0.3 is 5.97 Å². The van der Waals surface area contributed by atoms with E-state index >= 15 is 0 Å². The Balaban J connectivity index is 1.59. The third-order valence-corrected chi connectivity index (χ3v) is 9.13. The van der Waals surface area contributed by atoms with Gasteiger partial charge in [0.25, 0.3) is 0 Å². The molecule has 1 saturated heterocycles. The van der Waals surface area contributed by atoms with E-state index in [1.807, 2.05) is 55.5 Å².